The van der Waals surface area contributed by atoms with Gasteiger partial charge in [-0.3, -0.25) is 4.79 Å². The molecule has 0 radical (unpaired) electrons. The van der Waals surface area contributed by atoms with Crippen LogP contribution in [-0.4, -0.2) is 18.0 Å². The Hall–Kier alpha value is -1.81. The zero-order valence-corrected chi connectivity index (χ0v) is 11.0. The molecule has 0 aliphatic heterocycles. The molecule has 18 heavy (non-hydrogen) atoms. The molecule has 5 heteroatoms. The number of halogens is 1. The number of Topliss-reactive ketones (excluding diaryl/α,β-unsaturated/α-hetero) is 1. The van der Waals surface area contributed by atoms with Gasteiger partial charge in [0.25, 0.3) is 0 Å². The van der Waals surface area contributed by atoms with Gasteiger partial charge in [-0.05, 0) is 26.0 Å². The third kappa shape index (κ3) is 2.11. The maximum Gasteiger partial charge on any atom is 0.172 e. The Bertz CT molecular complexity index is 604. The number of hydrogen-bond acceptors (Lipinski definition) is 4. The summed E-state index contributed by atoms with van der Waals surface area (Å²) in [6.07, 6.45) is 0. The van der Waals surface area contributed by atoms with Gasteiger partial charge in [-0.25, -0.2) is 0 Å². The maximum absolute atomic E-state index is 11.6. The summed E-state index contributed by atoms with van der Waals surface area (Å²) >= 11 is 6.15. The molecular weight excluding hydrogens is 254 g/mol. The van der Waals surface area contributed by atoms with Crippen molar-refractivity contribution in [2.24, 2.45) is 0 Å². The molecular formula is C13H12ClNO3. The highest BCUT2D eigenvalue weighted by Crippen LogP contribution is 2.39. The number of carbonyl (C=O) groups is 1. The normalized spacial score (nSPS) is 10.4. The molecule has 94 valence electrons. The fourth-order valence-corrected chi connectivity index (χ4v) is 2.00. The standard InChI is InChI=1S/C13H12ClNO3/c1-7-6-11(18-15-7)12-10(14)5-4-9(8(2)16)13(12)17-3/h4-6H,1-3H3. The van der Waals surface area contributed by atoms with E-state index in [1.165, 1.54) is 14.0 Å². The smallest absolute Gasteiger partial charge is 0.172 e. The summed E-state index contributed by atoms with van der Waals surface area (Å²) in [6, 6.07) is 5.03. The third-order valence-corrected chi connectivity index (χ3v) is 2.88. The van der Waals surface area contributed by atoms with Crippen molar-refractivity contribution in [2.45, 2.75) is 13.8 Å². The fourth-order valence-electron chi connectivity index (χ4n) is 1.76. The molecule has 0 aliphatic rings. The zero-order chi connectivity index (χ0) is 13.3. The van der Waals surface area contributed by atoms with Crippen LogP contribution in [0.2, 0.25) is 5.02 Å². The number of aryl methyl sites for hydroxylation is 1. The SMILES string of the molecule is COc1c(C(C)=O)ccc(Cl)c1-c1cc(C)no1. The largest absolute Gasteiger partial charge is 0.495 e. The molecule has 1 heterocycles. The monoisotopic (exact) mass is 265 g/mol. The Kier molecular flexibility index (Phi) is 3.39. The van der Waals surface area contributed by atoms with Gasteiger partial charge in [0.05, 0.1) is 29.0 Å². The fraction of sp³-hybridized carbons (Fsp3) is 0.231. The van der Waals surface area contributed by atoms with Crippen molar-refractivity contribution in [2.75, 3.05) is 7.11 Å². The Morgan fingerprint density at radius 1 is 1.44 bits per heavy atom. The molecule has 2 aromatic rings. The summed E-state index contributed by atoms with van der Waals surface area (Å²) in [5, 5.41) is 4.26. The molecule has 0 spiro atoms. The molecule has 0 amide bonds. The number of nitrogens with zero attached hydrogens (tertiary/aromatic N) is 1. The highest BCUT2D eigenvalue weighted by atomic mass is 35.5. The number of ether oxygens (including phenoxy) is 1. The van der Waals surface area contributed by atoms with E-state index in [4.69, 9.17) is 20.9 Å². The predicted molar refractivity (Wildman–Crippen MR) is 68.2 cm³/mol. The first kappa shape index (κ1) is 12.6. The minimum atomic E-state index is -0.0963. The van der Waals surface area contributed by atoms with Crippen LogP contribution in [0.4, 0.5) is 0 Å². The molecule has 1 aromatic heterocycles. The van der Waals surface area contributed by atoms with Crippen molar-refractivity contribution in [1.29, 1.82) is 0 Å². The van der Waals surface area contributed by atoms with Gasteiger partial charge in [0, 0.05) is 6.07 Å². The molecule has 0 saturated heterocycles. The highest BCUT2D eigenvalue weighted by molar-refractivity contribution is 6.34. The molecule has 0 aliphatic carbocycles. The topological polar surface area (TPSA) is 52.3 Å². The van der Waals surface area contributed by atoms with Crippen LogP contribution < -0.4 is 4.74 Å². The first-order chi connectivity index (χ1) is 8.54. The highest BCUT2D eigenvalue weighted by Gasteiger charge is 2.20. The number of ketones is 1. The second kappa shape index (κ2) is 4.82. The van der Waals surface area contributed by atoms with Gasteiger partial charge in [0.1, 0.15) is 5.75 Å². The lowest BCUT2D eigenvalue weighted by Crippen LogP contribution is -1.99. The lowest BCUT2D eigenvalue weighted by atomic mass is 10.0. The average Bonchev–Trinajstić information content (AvgIpc) is 2.74. The van der Waals surface area contributed by atoms with E-state index < -0.39 is 0 Å². The minimum Gasteiger partial charge on any atom is -0.495 e. The van der Waals surface area contributed by atoms with Gasteiger partial charge >= 0.3 is 0 Å². The summed E-state index contributed by atoms with van der Waals surface area (Å²) < 4.78 is 10.5. The lowest BCUT2D eigenvalue weighted by molar-refractivity contribution is 0.101. The molecule has 0 N–H and O–H groups in total. The zero-order valence-electron chi connectivity index (χ0n) is 10.3. The van der Waals surface area contributed by atoms with Gasteiger partial charge in [-0.15, -0.1) is 0 Å². The first-order valence-electron chi connectivity index (χ1n) is 5.35. The number of methoxy groups -OCH3 is 1. The molecule has 0 saturated carbocycles. The molecule has 0 atom stereocenters. The minimum absolute atomic E-state index is 0.0963. The van der Waals surface area contributed by atoms with Gasteiger partial charge in [0.15, 0.2) is 11.5 Å². The third-order valence-electron chi connectivity index (χ3n) is 2.56. The Labute approximate surface area is 109 Å². The summed E-state index contributed by atoms with van der Waals surface area (Å²) in [5.41, 5.74) is 1.75. The van der Waals surface area contributed by atoms with E-state index >= 15 is 0 Å². The van der Waals surface area contributed by atoms with E-state index in [-0.39, 0.29) is 5.78 Å². The van der Waals surface area contributed by atoms with E-state index in [2.05, 4.69) is 5.16 Å². The van der Waals surface area contributed by atoms with Crippen molar-refractivity contribution < 1.29 is 14.1 Å². The van der Waals surface area contributed by atoms with Crippen LogP contribution in [0, 0.1) is 6.92 Å². The molecule has 0 unspecified atom stereocenters. The van der Waals surface area contributed by atoms with Gasteiger partial charge < -0.3 is 9.26 Å². The molecule has 0 fully saturated rings. The number of benzene rings is 1. The van der Waals surface area contributed by atoms with Crippen molar-refractivity contribution in [3.63, 3.8) is 0 Å². The Morgan fingerprint density at radius 2 is 2.17 bits per heavy atom. The Morgan fingerprint density at radius 3 is 2.67 bits per heavy atom. The van der Waals surface area contributed by atoms with Gasteiger partial charge in [0.2, 0.25) is 0 Å². The number of hydrogen-bond donors (Lipinski definition) is 0. The van der Waals surface area contributed by atoms with Crippen molar-refractivity contribution >= 4 is 17.4 Å². The molecule has 4 nitrogen and oxygen atoms in total. The number of aromatic nitrogens is 1. The van der Waals surface area contributed by atoms with E-state index in [9.17, 15) is 4.79 Å². The van der Waals surface area contributed by atoms with Crippen LogP contribution in [0.25, 0.3) is 11.3 Å². The Balaban J connectivity index is 2.72. The van der Waals surface area contributed by atoms with Crippen LogP contribution in [0.5, 0.6) is 5.75 Å². The number of rotatable bonds is 3. The summed E-state index contributed by atoms with van der Waals surface area (Å²) in [7, 11) is 1.49. The van der Waals surface area contributed by atoms with E-state index in [0.29, 0.717) is 27.7 Å². The van der Waals surface area contributed by atoms with Crippen molar-refractivity contribution in [1.82, 2.24) is 5.16 Å². The van der Waals surface area contributed by atoms with Crippen molar-refractivity contribution in [3.8, 4) is 17.1 Å². The van der Waals surface area contributed by atoms with Crippen molar-refractivity contribution in [3.05, 3.63) is 34.5 Å². The lowest BCUT2D eigenvalue weighted by Gasteiger charge is -2.11. The molecule has 2 rings (SSSR count). The predicted octanol–water partition coefficient (Wildman–Crippen LogP) is 3.51. The first-order valence-corrected chi connectivity index (χ1v) is 5.73. The van der Waals surface area contributed by atoms with Crippen LogP contribution in [0.15, 0.2) is 22.7 Å². The van der Waals surface area contributed by atoms with Crippen LogP contribution in [0.3, 0.4) is 0 Å². The second-order valence-corrected chi connectivity index (χ2v) is 4.30. The van der Waals surface area contributed by atoms with Crippen LogP contribution >= 0.6 is 11.6 Å². The summed E-state index contributed by atoms with van der Waals surface area (Å²) in [6.45, 7) is 3.28. The van der Waals surface area contributed by atoms with E-state index in [0.717, 1.165) is 5.69 Å². The van der Waals surface area contributed by atoms with Gasteiger partial charge in [-0.1, -0.05) is 16.8 Å². The average molecular weight is 266 g/mol. The van der Waals surface area contributed by atoms with Gasteiger partial charge in [-0.2, -0.15) is 0 Å². The van der Waals surface area contributed by atoms with E-state index in [1.807, 2.05) is 6.92 Å². The molecule has 1 aromatic carbocycles. The van der Waals surface area contributed by atoms with E-state index in [1.54, 1.807) is 18.2 Å². The quantitative estimate of drug-likeness (QED) is 0.797. The van der Waals surface area contributed by atoms with Crippen LogP contribution in [-0.2, 0) is 0 Å². The summed E-state index contributed by atoms with van der Waals surface area (Å²) in [4.78, 5) is 11.6. The number of carbonyl (C=O) groups excluding carboxylic acids is 1. The maximum atomic E-state index is 11.6. The van der Waals surface area contributed by atoms with Crippen LogP contribution in [0.1, 0.15) is 23.0 Å². The summed E-state index contributed by atoms with van der Waals surface area (Å²) in [5.74, 6) is 0.796. The second-order valence-electron chi connectivity index (χ2n) is 3.89. The molecule has 0 bridgehead atoms.